The van der Waals surface area contributed by atoms with E-state index in [1.54, 1.807) is 10.9 Å². The number of carbonyl (C=O) groups excluding carboxylic acids is 1. The van der Waals surface area contributed by atoms with Crippen molar-refractivity contribution < 1.29 is 4.79 Å². The lowest BCUT2D eigenvalue weighted by molar-refractivity contribution is 0.249. The highest BCUT2D eigenvalue weighted by molar-refractivity contribution is 5.91. The first-order chi connectivity index (χ1) is 12.0. The first-order valence-corrected chi connectivity index (χ1v) is 8.21. The Morgan fingerprint density at radius 1 is 1.28 bits per heavy atom. The van der Waals surface area contributed by atoms with Gasteiger partial charge in [0.2, 0.25) is 0 Å². The summed E-state index contributed by atoms with van der Waals surface area (Å²) < 4.78 is 1.80. The Kier molecular flexibility index (Phi) is 4.83. The van der Waals surface area contributed by atoms with Crippen molar-refractivity contribution in [2.24, 2.45) is 0 Å². The summed E-state index contributed by atoms with van der Waals surface area (Å²) in [4.78, 5) is 12.3. The fourth-order valence-corrected chi connectivity index (χ4v) is 2.71. The molecule has 0 saturated carbocycles. The van der Waals surface area contributed by atoms with Crippen LogP contribution in [0.2, 0.25) is 0 Å². The van der Waals surface area contributed by atoms with Gasteiger partial charge in [0.1, 0.15) is 0 Å². The number of H-pyrrole nitrogens is 1. The van der Waals surface area contributed by atoms with Crippen LogP contribution in [-0.2, 0) is 6.42 Å². The number of aryl methyl sites for hydroxylation is 2. The number of urea groups is 1. The minimum absolute atomic E-state index is 0.0405. The van der Waals surface area contributed by atoms with E-state index >= 15 is 0 Å². The van der Waals surface area contributed by atoms with Crippen molar-refractivity contribution in [3.05, 3.63) is 59.7 Å². The number of amides is 2. The molecule has 0 aliphatic rings. The molecule has 1 atom stereocenters. The maximum absolute atomic E-state index is 12.3. The minimum Gasteiger partial charge on any atom is -0.335 e. The van der Waals surface area contributed by atoms with Crippen molar-refractivity contribution in [3.63, 3.8) is 0 Å². The highest BCUT2D eigenvalue weighted by Crippen LogP contribution is 2.20. The molecule has 1 aromatic carbocycles. The lowest BCUT2D eigenvalue weighted by atomic mass is 10.2. The largest absolute Gasteiger partial charge is 0.335 e. The number of aromatic nitrogens is 4. The lowest BCUT2D eigenvalue weighted by Crippen LogP contribution is -2.37. The fourth-order valence-electron chi connectivity index (χ4n) is 2.71. The zero-order valence-corrected chi connectivity index (χ0v) is 14.6. The van der Waals surface area contributed by atoms with E-state index in [4.69, 9.17) is 0 Å². The second-order valence-corrected chi connectivity index (χ2v) is 6.15. The third-order valence-electron chi connectivity index (χ3n) is 3.86. The molecule has 0 unspecified atom stereocenters. The van der Waals surface area contributed by atoms with Gasteiger partial charge in [-0.1, -0.05) is 12.1 Å². The van der Waals surface area contributed by atoms with Gasteiger partial charge < -0.3 is 10.6 Å². The molecule has 0 aliphatic heterocycles. The second-order valence-electron chi connectivity index (χ2n) is 6.15. The van der Waals surface area contributed by atoms with Gasteiger partial charge >= 0.3 is 6.03 Å². The number of nitrogens with one attached hydrogen (secondary N) is 3. The van der Waals surface area contributed by atoms with Crippen LogP contribution in [0.5, 0.6) is 0 Å². The van der Waals surface area contributed by atoms with Gasteiger partial charge in [0.15, 0.2) is 0 Å². The van der Waals surface area contributed by atoms with E-state index in [9.17, 15) is 4.79 Å². The molecule has 130 valence electrons. The molecule has 7 nitrogen and oxygen atoms in total. The number of anilines is 1. The highest BCUT2D eigenvalue weighted by Gasteiger charge is 2.13. The Bertz CT molecular complexity index is 866. The molecular weight excluding hydrogens is 316 g/mol. The van der Waals surface area contributed by atoms with Crippen molar-refractivity contribution in [1.82, 2.24) is 25.3 Å². The van der Waals surface area contributed by atoms with Crippen LogP contribution in [0.3, 0.4) is 0 Å². The van der Waals surface area contributed by atoms with Gasteiger partial charge in [0, 0.05) is 30.0 Å². The number of para-hydroxylation sites is 2. The summed E-state index contributed by atoms with van der Waals surface area (Å²) >= 11 is 0. The average Bonchev–Trinajstić information content (AvgIpc) is 3.16. The summed E-state index contributed by atoms with van der Waals surface area (Å²) in [6, 6.07) is 11.2. The Labute approximate surface area is 146 Å². The standard InChI is InChI=1S/C18H22N6O/c1-12(10-15-11-13(2)22-23-15)20-18(25)21-16-6-4-5-7-17(16)24-14(3)8-9-19-24/h4-9,11-12H,10H2,1-3H3,(H,22,23)(H2,20,21,25)/t12-/m0/s1. The number of rotatable bonds is 5. The number of carbonyl (C=O) groups is 1. The Balaban J connectivity index is 1.66. The van der Waals surface area contributed by atoms with E-state index in [2.05, 4.69) is 25.9 Å². The summed E-state index contributed by atoms with van der Waals surface area (Å²) in [5, 5.41) is 17.3. The molecule has 0 bridgehead atoms. The summed E-state index contributed by atoms with van der Waals surface area (Å²) in [5.74, 6) is 0. The van der Waals surface area contributed by atoms with E-state index in [0.29, 0.717) is 12.1 Å². The molecule has 2 aromatic heterocycles. The van der Waals surface area contributed by atoms with Crippen molar-refractivity contribution in [1.29, 1.82) is 0 Å². The normalized spacial score (nSPS) is 12.0. The van der Waals surface area contributed by atoms with E-state index in [1.807, 2.05) is 57.2 Å². The Hall–Kier alpha value is -3.09. The van der Waals surface area contributed by atoms with Gasteiger partial charge in [0.25, 0.3) is 0 Å². The molecule has 25 heavy (non-hydrogen) atoms. The van der Waals surface area contributed by atoms with Crippen molar-refractivity contribution >= 4 is 11.7 Å². The zero-order chi connectivity index (χ0) is 17.8. The summed E-state index contributed by atoms with van der Waals surface area (Å²) in [7, 11) is 0. The van der Waals surface area contributed by atoms with Gasteiger partial charge in [-0.25, -0.2) is 9.48 Å². The van der Waals surface area contributed by atoms with E-state index in [1.165, 1.54) is 0 Å². The number of nitrogens with zero attached hydrogens (tertiary/aromatic N) is 3. The van der Waals surface area contributed by atoms with Crippen molar-refractivity contribution in [2.75, 3.05) is 5.32 Å². The van der Waals surface area contributed by atoms with Gasteiger partial charge in [-0.2, -0.15) is 10.2 Å². The average molecular weight is 338 g/mol. The van der Waals surface area contributed by atoms with Crippen LogP contribution in [-0.4, -0.2) is 32.1 Å². The van der Waals surface area contributed by atoms with Crippen LogP contribution in [0, 0.1) is 13.8 Å². The predicted octanol–water partition coefficient (Wildman–Crippen LogP) is 2.96. The van der Waals surface area contributed by atoms with Gasteiger partial charge in [-0.05, 0) is 45.0 Å². The van der Waals surface area contributed by atoms with E-state index < -0.39 is 0 Å². The van der Waals surface area contributed by atoms with E-state index in [-0.39, 0.29) is 12.1 Å². The molecule has 3 N–H and O–H groups in total. The molecule has 0 aliphatic carbocycles. The SMILES string of the molecule is Cc1cc(C[C@H](C)NC(=O)Nc2ccccc2-n2nccc2C)n[nH]1. The third kappa shape index (κ3) is 4.06. The van der Waals surface area contributed by atoms with Crippen LogP contribution in [0.25, 0.3) is 5.69 Å². The topological polar surface area (TPSA) is 87.6 Å². The molecule has 7 heteroatoms. The number of aromatic amines is 1. The maximum atomic E-state index is 12.3. The first-order valence-electron chi connectivity index (χ1n) is 8.21. The first kappa shape index (κ1) is 16.8. The van der Waals surface area contributed by atoms with Crippen LogP contribution < -0.4 is 10.6 Å². The van der Waals surface area contributed by atoms with Gasteiger partial charge in [-0.3, -0.25) is 5.10 Å². The molecule has 0 radical (unpaired) electrons. The summed E-state index contributed by atoms with van der Waals surface area (Å²) in [6.07, 6.45) is 2.40. The maximum Gasteiger partial charge on any atom is 0.319 e. The fraction of sp³-hybridized carbons (Fsp3) is 0.278. The smallest absolute Gasteiger partial charge is 0.319 e. The Morgan fingerprint density at radius 3 is 2.76 bits per heavy atom. The molecule has 3 aromatic rings. The monoisotopic (exact) mass is 338 g/mol. The predicted molar refractivity (Wildman–Crippen MR) is 96.9 cm³/mol. The van der Waals surface area contributed by atoms with Crippen LogP contribution in [0.15, 0.2) is 42.6 Å². The molecule has 0 fully saturated rings. The quantitative estimate of drug-likeness (QED) is 0.668. The minimum atomic E-state index is -0.253. The number of hydrogen-bond donors (Lipinski definition) is 3. The number of benzene rings is 1. The molecule has 3 rings (SSSR count). The van der Waals surface area contributed by atoms with Crippen molar-refractivity contribution in [3.8, 4) is 5.69 Å². The molecule has 0 spiro atoms. The number of hydrogen-bond acceptors (Lipinski definition) is 3. The van der Waals surface area contributed by atoms with E-state index in [0.717, 1.165) is 22.8 Å². The molecule has 0 saturated heterocycles. The van der Waals surface area contributed by atoms with Crippen LogP contribution >= 0.6 is 0 Å². The summed E-state index contributed by atoms with van der Waals surface area (Å²) in [5.41, 5.74) is 4.47. The molecule has 2 heterocycles. The van der Waals surface area contributed by atoms with Crippen LogP contribution in [0.1, 0.15) is 24.0 Å². The van der Waals surface area contributed by atoms with Gasteiger partial charge in [0.05, 0.1) is 17.1 Å². The summed E-state index contributed by atoms with van der Waals surface area (Å²) in [6.45, 7) is 5.88. The van der Waals surface area contributed by atoms with Crippen LogP contribution in [0.4, 0.5) is 10.5 Å². The zero-order valence-electron chi connectivity index (χ0n) is 14.6. The Morgan fingerprint density at radius 2 is 2.08 bits per heavy atom. The highest BCUT2D eigenvalue weighted by atomic mass is 16.2. The lowest BCUT2D eigenvalue weighted by Gasteiger charge is -2.16. The second kappa shape index (κ2) is 7.21. The molecular formula is C18H22N6O. The third-order valence-corrected chi connectivity index (χ3v) is 3.86. The molecule has 2 amide bonds. The van der Waals surface area contributed by atoms with Crippen molar-refractivity contribution in [2.45, 2.75) is 33.2 Å². The van der Waals surface area contributed by atoms with Gasteiger partial charge in [-0.15, -0.1) is 0 Å².